The molecule has 0 heterocycles. The van der Waals surface area contributed by atoms with Crippen LogP contribution in [0.1, 0.15) is 43.5 Å². The van der Waals surface area contributed by atoms with Crippen LogP contribution < -0.4 is 5.73 Å². The predicted octanol–water partition coefficient (Wildman–Crippen LogP) is 4.58. The van der Waals surface area contributed by atoms with Crippen molar-refractivity contribution in [3.63, 3.8) is 0 Å². The van der Waals surface area contributed by atoms with Gasteiger partial charge in [0.1, 0.15) is 0 Å². The summed E-state index contributed by atoms with van der Waals surface area (Å²) in [5.74, 6) is 0.486. The summed E-state index contributed by atoms with van der Waals surface area (Å²) >= 11 is 11.8. The highest BCUT2D eigenvalue weighted by atomic mass is 35.5. The van der Waals surface area contributed by atoms with Crippen LogP contribution in [0.2, 0.25) is 10.0 Å². The van der Waals surface area contributed by atoms with Crippen LogP contribution in [-0.2, 0) is 0 Å². The molecule has 0 spiro atoms. The number of rotatable bonds is 5. The lowest BCUT2D eigenvalue weighted by Crippen LogP contribution is -2.08. The Bertz CT molecular complexity index is 391. The van der Waals surface area contributed by atoms with Crippen molar-refractivity contribution < 1.29 is 4.79 Å². The molecule has 94 valence electrons. The first-order valence-electron chi connectivity index (χ1n) is 5.77. The minimum Gasteiger partial charge on any atom is -0.396 e. The Balaban J connectivity index is 2.90. The second-order valence-corrected chi connectivity index (χ2v) is 4.98. The lowest BCUT2D eigenvalue weighted by molar-refractivity contribution is 0.0959. The monoisotopic (exact) mass is 273 g/mol. The van der Waals surface area contributed by atoms with Gasteiger partial charge in [-0.1, -0.05) is 49.9 Å². The zero-order valence-electron chi connectivity index (χ0n) is 10.1. The molecule has 0 fully saturated rings. The summed E-state index contributed by atoms with van der Waals surface area (Å²) in [6.07, 6.45) is 2.53. The van der Waals surface area contributed by atoms with Gasteiger partial charge >= 0.3 is 0 Å². The van der Waals surface area contributed by atoms with Crippen LogP contribution in [0, 0.1) is 5.92 Å². The minimum absolute atomic E-state index is 0.0718. The topological polar surface area (TPSA) is 43.1 Å². The van der Waals surface area contributed by atoms with Gasteiger partial charge in [0.05, 0.1) is 15.7 Å². The van der Waals surface area contributed by atoms with Crippen molar-refractivity contribution in [1.29, 1.82) is 0 Å². The second kappa shape index (κ2) is 6.27. The summed E-state index contributed by atoms with van der Waals surface area (Å²) in [5.41, 5.74) is 6.50. The number of carbonyl (C=O) groups is 1. The van der Waals surface area contributed by atoms with Crippen molar-refractivity contribution in [2.45, 2.75) is 33.1 Å². The molecule has 0 atom stereocenters. The lowest BCUT2D eigenvalue weighted by atomic mass is 9.94. The van der Waals surface area contributed by atoms with E-state index in [1.807, 2.05) is 0 Å². The van der Waals surface area contributed by atoms with E-state index in [2.05, 4.69) is 13.8 Å². The summed E-state index contributed by atoms with van der Waals surface area (Å²) in [6.45, 7) is 4.18. The second-order valence-electron chi connectivity index (χ2n) is 4.16. The number of hydrogen-bond acceptors (Lipinski definition) is 2. The van der Waals surface area contributed by atoms with Crippen LogP contribution in [0.3, 0.4) is 0 Å². The number of Topliss-reactive ketones (excluding diaryl/α,β-unsaturated/α-hetero) is 1. The molecule has 0 saturated heterocycles. The van der Waals surface area contributed by atoms with Crippen LogP contribution in [0.25, 0.3) is 0 Å². The van der Waals surface area contributed by atoms with Gasteiger partial charge in [-0.25, -0.2) is 0 Å². The zero-order chi connectivity index (χ0) is 13.0. The van der Waals surface area contributed by atoms with Crippen molar-refractivity contribution in [1.82, 2.24) is 0 Å². The molecular weight excluding hydrogens is 257 g/mol. The largest absolute Gasteiger partial charge is 0.396 e. The summed E-state index contributed by atoms with van der Waals surface area (Å²) in [6, 6.07) is 3.18. The van der Waals surface area contributed by atoms with Crippen LogP contribution in [0.15, 0.2) is 12.1 Å². The molecule has 0 radical (unpaired) electrons. The Hall–Kier alpha value is -0.730. The Labute approximate surface area is 112 Å². The molecule has 0 unspecified atom stereocenters. The van der Waals surface area contributed by atoms with Gasteiger partial charge in [0.25, 0.3) is 0 Å². The van der Waals surface area contributed by atoms with Gasteiger partial charge < -0.3 is 5.73 Å². The molecule has 0 saturated carbocycles. The lowest BCUT2D eigenvalue weighted by Gasteiger charge is -2.12. The quantitative estimate of drug-likeness (QED) is 0.630. The van der Waals surface area contributed by atoms with Crippen molar-refractivity contribution in [3.8, 4) is 0 Å². The summed E-state index contributed by atoms with van der Waals surface area (Å²) in [5, 5.41) is 0.677. The number of carbonyl (C=O) groups excluding carboxylic acids is 1. The molecule has 4 heteroatoms. The molecule has 2 nitrogen and oxygen atoms in total. The number of nitrogens with two attached hydrogens (primary N) is 1. The standard InChI is InChI=1S/C13H17Cl2NO/c1-3-8(4-2)5-12(17)9-6-10(14)13(16)11(15)7-9/h6-8H,3-5,16H2,1-2H3. The molecule has 2 N–H and O–H groups in total. The van der Waals surface area contributed by atoms with Gasteiger partial charge in [-0.3, -0.25) is 4.79 Å². The van der Waals surface area contributed by atoms with Gasteiger partial charge in [0, 0.05) is 12.0 Å². The van der Waals surface area contributed by atoms with E-state index in [-0.39, 0.29) is 5.78 Å². The maximum Gasteiger partial charge on any atom is 0.163 e. The zero-order valence-corrected chi connectivity index (χ0v) is 11.6. The molecule has 0 amide bonds. The fourth-order valence-corrected chi connectivity index (χ4v) is 2.19. The van der Waals surface area contributed by atoms with E-state index < -0.39 is 0 Å². The van der Waals surface area contributed by atoms with E-state index in [4.69, 9.17) is 28.9 Å². The average Bonchev–Trinajstić information content (AvgIpc) is 2.31. The van der Waals surface area contributed by atoms with Gasteiger partial charge in [-0.2, -0.15) is 0 Å². The van der Waals surface area contributed by atoms with Crippen LogP contribution >= 0.6 is 23.2 Å². The van der Waals surface area contributed by atoms with E-state index in [0.29, 0.717) is 33.6 Å². The molecular formula is C13H17Cl2NO. The van der Waals surface area contributed by atoms with Crippen LogP contribution in [0.5, 0.6) is 0 Å². The Morgan fingerprint density at radius 3 is 2.12 bits per heavy atom. The molecule has 1 aromatic rings. The maximum absolute atomic E-state index is 12.0. The van der Waals surface area contributed by atoms with E-state index >= 15 is 0 Å². The first kappa shape index (κ1) is 14.3. The third-order valence-corrected chi connectivity index (χ3v) is 3.66. The third kappa shape index (κ3) is 3.62. The summed E-state index contributed by atoms with van der Waals surface area (Å²) in [7, 11) is 0. The molecule has 17 heavy (non-hydrogen) atoms. The highest BCUT2D eigenvalue weighted by molar-refractivity contribution is 6.39. The molecule has 0 bridgehead atoms. The average molecular weight is 274 g/mol. The van der Waals surface area contributed by atoms with Gasteiger partial charge in [0.2, 0.25) is 0 Å². The van der Waals surface area contributed by atoms with Crippen molar-refractivity contribution in [2.24, 2.45) is 5.92 Å². The normalized spacial score (nSPS) is 10.9. The fourth-order valence-electron chi connectivity index (χ4n) is 1.70. The van der Waals surface area contributed by atoms with Gasteiger partial charge in [-0.15, -0.1) is 0 Å². The third-order valence-electron chi connectivity index (χ3n) is 3.03. The minimum atomic E-state index is 0.0718. The highest BCUT2D eigenvalue weighted by Gasteiger charge is 2.15. The fraction of sp³-hybridized carbons (Fsp3) is 0.462. The Morgan fingerprint density at radius 2 is 1.71 bits per heavy atom. The van der Waals surface area contributed by atoms with E-state index in [1.165, 1.54) is 0 Å². The SMILES string of the molecule is CCC(CC)CC(=O)c1cc(Cl)c(N)c(Cl)c1. The number of hydrogen-bond donors (Lipinski definition) is 1. The molecule has 1 aromatic carbocycles. The van der Waals surface area contributed by atoms with E-state index in [0.717, 1.165) is 12.8 Å². The highest BCUT2D eigenvalue weighted by Crippen LogP contribution is 2.30. The van der Waals surface area contributed by atoms with Crippen molar-refractivity contribution in [2.75, 3.05) is 5.73 Å². The smallest absolute Gasteiger partial charge is 0.163 e. The number of ketones is 1. The van der Waals surface area contributed by atoms with Gasteiger partial charge in [0.15, 0.2) is 5.78 Å². The molecule has 0 aromatic heterocycles. The molecule has 0 aliphatic heterocycles. The predicted molar refractivity (Wildman–Crippen MR) is 73.9 cm³/mol. The first-order valence-corrected chi connectivity index (χ1v) is 6.52. The number of halogens is 2. The number of nitrogen functional groups attached to an aromatic ring is 1. The summed E-state index contributed by atoms with van der Waals surface area (Å²) in [4.78, 5) is 12.0. The number of benzene rings is 1. The number of anilines is 1. The van der Waals surface area contributed by atoms with Crippen molar-refractivity contribution in [3.05, 3.63) is 27.7 Å². The molecule has 1 rings (SSSR count). The van der Waals surface area contributed by atoms with E-state index in [1.54, 1.807) is 12.1 Å². The van der Waals surface area contributed by atoms with Crippen molar-refractivity contribution >= 4 is 34.7 Å². The maximum atomic E-state index is 12.0. The Morgan fingerprint density at radius 1 is 1.24 bits per heavy atom. The van der Waals surface area contributed by atoms with Crippen LogP contribution in [-0.4, -0.2) is 5.78 Å². The molecule has 0 aliphatic carbocycles. The Kier molecular flexibility index (Phi) is 5.29. The summed E-state index contributed by atoms with van der Waals surface area (Å²) < 4.78 is 0. The molecule has 0 aliphatic rings. The van der Waals surface area contributed by atoms with Gasteiger partial charge in [-0.05, 0) is 18.1 Å². The first-order chi connectivity index (χ1) is 7.99. The van der Waals surface area contributed by atoms with Crippen LogP contribution in [0.4, 0.5) is 5.69 Å². The van der Waals surface area contributed by atoms with E-state index in [9.17, 15) is 4.79 Å².